The summed E-state index contributed by atoms with van der Waals surface area (Å²) in [7, 11) is 1.82. The van der Waals surface area contributed by atoms with Crippen LogP contribution in [0.4, 0.5) is 5.82 Å². The van der Waals surface area contributed by atoms with Crippen molar-refractivity contribution in [3.8, 4) is 0 Å². The molecular formula is C17H18BrN5O2. The molecule has 2 heterocycles. The first kappa shape index (κ1) is 17.3. The van der Waals surface area contributed by atoms with Crippen LogP contribution in [0, 0.1) is 0 Å². The highest BCUT2D eigenvalue weighted by molar-refractivity contribution is 9.10. The topological polar surface area (TPSA) is 81.9 Å². The second-order valence-corrected chi connectivity index (χ2v) is 6.20. The van der Waals surface area contributed by atoms with Gasteiger partial charge in [-0.3, -0.25) is 4.79 Å². The molecule has 2 aromatic heterocycles. The van der Waals surface area contributed by atoms with Crippen LogP contribution in [0.15, 0.2) is 41.3 Å². The Kier molecular flexibility index (Phi) is 5.28. The van der Waals surface area contributed by atoms with E-state index in [0.717, 1.165) is 10.9 Å². The average molecular weight is 404 g/mol. The molecule has 1 atom stereocenters. The number of hydrogen-bond acceptors (Lipinski definition) is 6. The van der Waals surface area contributed by atoms with Gasteiger partial charge in [0.15, 0.2) is 5.65 Å². The molecular weight excluding hydrogens is 386 g/mol. The number of nitrogens with one attached hydrogen (secondary N) is 1. The molecule has 0 bridgehead atoms. The lowest BCUT2D eigenvalue weighted by Crippen LogP contribution is -2.18. The van der Waals surface area contributed by atoms with Gasteiger partial charge in [0.05, 0.1) is 24.5 Å². The van der Waals surface area contributed by atoms with Crippen molar-refractivity contribution in [3.05, 3.63) is 46.8 Å². The Morgan fingerprint density at radius 2 is 2.08 bits per heavy atom. The number of aryl methyl sites for hydroxylation is 1. The Bertz CT molecular complexity index is 881. The number of benzene rings is 1. The highest BCUT2D eigenvalue weighted by Crippen LogP contribution is 2.30. The van der Waals surface area contributed by atoms with Crippen LogP contribution in [-0.4, -0.2) is 32.3 Å². The molecule has 3 rings (SSSR count). The minimum absolute atomic E-state index is 0.196. The summed E-state index contributed by atoms with van der Waals surface area (Å²) in [5.41, 5.74) is 1.68. The van der Waals surface area contributed by atoms with Crippen LogP contribution in [0.3, 0.4) is 0 Å². The van der Waals surface area contributed by atoms with E-state index in [1.54, 1.807) is 11.6 Å². The van der Waals surface area contributed by atoms with E-state index in [4.69, 9.17) is 4.74 Å². The van der Waals surface area contributed by atoms with Crippen LogP contribution >= 0.6 is 15.9 Å². The molecule has 0 aliphatic heterocycles. The van der Waals surface area contributed by atoms with E-state index in [1.165, 1.54) is 6.33 Å². The molecule has 0 aliphatic rings. The van der Waals surface area contributed by atoms with Crippen molar-refractivity contribution < 1.29 is 9.53 Å². The number of fused-ring (bicyclic) bond motifs is 1. The molecule has 0 fully saturated rings. The number of halogens is 1. The van der Waals surface area contributed by atoms with Gasteiger partial charge in [-0.2, -0.15) is 5.10 Å². The third-order valence-electron chi connectivity index (χ3n) is 3.77. The summed E-state index contributed by atoms with van der Waals surface area (Å²) >= 11 is 3.45. The zero-order valence-electron chi connectivity index (χ0n) is 13.9. The maximum Gasteiger partial charge on any atom is 0.308 e. The van der Waals surface area contributed by atoms with Crippen LogP contribution in [0.25, 0.3) is 11.0 Å². The third kappa shape index (κ3) is 3.79. The second kappa shape index (κ2) is 7.60. The van der Waals surface area contributed by atoms with Crippen molar-refractivity contribution in [2.24, 2.45) is 7.05 Å². The lowest BCUT2D eigenvalue weighted by atomic mass is 10.0. The van der Waals surface area contributed by atoms with E-state index in [9.17, 15) is 4.79 Å². The molecule has 0 saturated carbocycles. The van der Waals surface area contributed by atoms with Crippen molar-refractivity contribution in [1.29, 1.82) is 0 Å². The lowest BCUT2D eigenvalue weighted by molar-refractivity contribution is -0.143. The molecule has 3 aromatic rings. The summed E-state index contributed by atoms with van der Waals surface area (Å²) < 4.78 is 7.43. The number of carbonyl (C=O) groups excluding carboxylic acids is 1. The number of anilines is 1. The van der Waals surface area contributed by atoms with Crippen LogP contribution in [0.1, 0.15) is 24.9 Å². The average Bonchev–Trinajstić information content (AvgIpc) is 2.90. The number of esters is 1. The molecule has 0 amide bonds. The summed E-state index contributed by atoms with van der Waals surface area (Å²) in [4.78, 5) is 20.6. The van der Waals surface area contributed by atoms with Crippen molar-refractivity contribution in [1.82, 2.24) is 19.7 Å². The first-order valence-corrected chi connectivity index (χ1v) is 8.69. The smallest absolute Gasteiger partial charge is 0.308 e. The van der Waals surface area contributed by atoms with E-state index in [0.29, 0.717) is 22.7 Å². The van der Waals surface area contributed by atoms with Gasteiger partial charge in [-0.1, -0.05) is 30.3 Å². The fourth-order valence-electron chi connectivity index (χ4n) is 2.64. The van der Waals surface area contributed by atoms with Gasteiger partial charge in [-0.05, 0) is 28.4 Å². The first-order valence-electron chi connectivity index (χ1n) is 7.90. The Labute approximate surface area is 153 Å². The van der Waals surface area contributed by atoms with Gasteiger partial charge in [0.1, 0.15) is 16.7 Å². The number of hydrogen-bond donors (Lipinski definition) is 1. The number of ether oxygens (including phenoxy) is 1. The molecule has 0 saturated heterocycles. The highest BCUT2D eigenvalue weighted by atomic mass is 79.9. The molecule has 0 spiro atoms. The highest BCUT2D eigenvalue weighted by Gasteiger charge is 2.20. The summed E-state index contributed by atoms with van der Waals surface area (Å²) in [6, 6.07) is 9.47. The summed E-state index contributed by atoms with van der Waals surface area (Å²) in [5.74, 6) is 0.350. The SMILES string of the molecule is CCOC(=O)C[C@@H](Nc1ncnc2c1c(Br)nn2C)c1ccccc1. The van der Waals surface area contributed by atoms with E-state index in [2.05, 4.69) is 36.3 Å². The second-order valence-electron chi connectivity index (χ2n) is 5.45. The van der Waals surface area contributed by atoms with Gasteiger partial charge in [0.2, 0.25) is 0 Å². The van der Waals surface area contributed by atoms with Gasteiger partial charge < -0.3 is 10.1 Å². The number of aromatic nitrogens is 4. The Morgan fingerprint density at radius 3 is 2.80 bits per heavy atom. The first-order chi connectivity index (χ1) is 12.1. The molecule has 7 nitrogen and oxygen atoms in total. The van der Waals surface area contributed by atoms with Crippen LogP contribution in [0.2, 0.25) is 0 Å². The Balaban J connectivity index is 1.97. The maximum absolute atomic E-state index is 12.0. The quantitative estimate of drug-likeness (QED) is 0.636. The standard InChI is InChI=1S/C17H18BrN5O2/c1-3-25-13(24)9-12(11-7-5-4-6-8-11)21-16-14-15(18)22-23(2)17(14)20-10-19-16/h4-8,10,12H,3,9H2,1-2H3,(H,19,20,21)/t12-/m1/s1. The number of nitrogens with zero attached hydrogens (tertiary/aromatic N) is 4. The zero-order valence-corrected chi connectivity index (χ0v) is 15.5. The normalized spacial score (nSPS) is 12.1. The van der Waals surface area contributed by atoms with Gasteiger partial charge in [0, 0.05) is 7.05 Å². The zero-order chi connectivity index (χ0) is 17.8. The molecule has 1 N–H and O–H groups in total. The van der Waals surface area contributed by atoms with Crippen molar-refractivity contribution in [3.63, 3.8) is 0 Å². The number of rotatable bonds is 6. The molecule has 1 aromatic carbocycles. The maximum atomic E-state index is 12.0. The van der Waals surface area contributed by atoms with Gasteiger partial charge in [0.25, 0.3) is 0 Å². The summed E-state index contributed by atoms with van der Waals surface area (Å²) in [5, 5.41) is 8.44. The summed E-state index contributed by atoms with van der Waals surface area (Å²) in [6.45, 7) is 2.15. The fraction of sp³-hybridized carbons (Fsp3) is 0.294. The fourth-order valence-corrected chi connectivity index (χ4v) is 3.24. The third-order valence-corrected chi connectivity index (χ3v) is 4.32. The monoisotopic (exact) mass is 403 g/mol. The predicted molar refractivity (Wildman–Crippen MR) is 98.1 cm³/mol. The van der Waals surface area contributed by atoms with E-state index in [-0.39, 0.29) is 18.4 Å². The van der Waals surface area contributed by atoms with E-state index in [1.807, 2.05) is 37.4 Å². The Morgan fingerprint density at radius 1 is 1.32 bits per heavy atom. The van der Waals surface area contributed by atoms with Gasteiger partial charge >= 0.3 is 5.97 Å². The molecule has 8 heteroatoms. The number of carbonyl (C=O) groups is 1. The van der Waals surface area contributed by atoms with Crippen LogP contribution in [-0.2, 0) is 16.6 Å². The van der Waals surface area contributed by atoms with Crippen molar-refractivity contribution >= 4 is 38.8 Å². The van der Waals surface area contributed by atoms with Crippen molar-refractivity contribution in [2.45, 2.75) is 19.4 Å². The summed E-state index contributed by atoms with van der Waals surface area (Å²) in [6.07, 6.45) is 1.67. The van der Waals surface area contributed by atoms with Crippen LogP contribution < -0.4 is 5.32 Å². The molecule has 0 unspecified atom stereocenters. The lowest BCUT2D eigenvalue weighted by Gasteiger charge is -2.19. The Hall–Kier alpha value is -2.48. The molecule has 130 valence electrons. The predicted octanol–water partition coefficient (Wildman–Crippen LogP) is 3.23. The van der Waals surface area contributed by atoms with Crippen LogP contribution in [0.5, 0.6) is 0 Å². The van der Waals surface area contributed by atoms with Gasteiger partial charge in [-0.25, -0.2) is 14.6 Å². The van der Waals surface area contributed by atoms with Crippen molar-refractivity contribution in [2.75, 3.05) is 11.9 Å². The van der Waals surface area contributed by atoms with E-state index >= 15 is 0 Å². The largest absolute Gasteiger partial charge is 0.466 e. The molecule has 0 radical (unpaired) electrons. The molecule has 0 aliphatic carbocycles. The molecule has 25 heavy (non-hydrogen) atoms. The minimum Gasteiger partial charge on any atom is -0.466 e. The van der Waals surface area contributed by atoms with E-state index < -0.39 is 0 Å². The minimum atomic E-state index is -0.273. The van der Waals surface area contributed by atoms with Gasteiger partial charge in [-0.15, -0.1) is 0 Å².